The van der Waals surface area contributed by atoms with E-state index in [1.54, 1.807) is 43.3 Å². The molecule has 1 atom stereocenters. The molecule has 130 valence electrons. The molecule has 0 heterocycles. The van der Waals surface area contributed by atoms with Gasteiger partial charge in [-0.15, -0.1) is 0 Å². The quantitative estimate of drug-likeness (QED) is 0.768. The number of hydrogen-bond acceptors (Lipinski definition) is 4. The Balaban J connectivity index is 2.05. The van der Waals surface area contributed by atoms with Crippen molar-refractivity contribution in [1.82, 2.24) is 4.72 Å². The molecule has 0 aliphatic heterocycles. The Morgan fingerprint density at radius 2 is 1.71 bits per heavy atom. The molecular formula is C18H23NO4S. The van der Waals surface area contributed by atoms with Crippen LogP contribution in [0.4, 0.5) is 0 Å². The van der Waals surface area contributed by atoms with Crippen molar-refractivity contribution in [3.8, 4) is 5.75 Å². The minimum absolute atomic E-state index is 0.118. The third-order valence-corrected chi connectivity index (χ3v) is 5.03. The van der Waals surface area contributed by atoms with Crippen molar-refractivity contribution in [2.45, 2.75) is 30.8 Å². The van der Waals surface area contributed by atoms with Crippen LogP contribution in [-0.4, -0.2) is 26.7 Å². The first-order chi connectivity index (χ1) is 11.3. The van der Waals surface area contributed by atoms with Crippen LogP contribution in [0, 0.1) is 0 Å². The summed E-state index contributed by atoms with van der Waals surface area (Å²) < 4.78 is 32.6. The van der Waals surface area contributed by atoms with Gasteiger partial charge in [-0.05, 0) is 43.2 Å². The van der Waals surface area contributed by atoms with E-state index in [-0.39, 0.29) is 11.4 Å². The highest BCUT2D eigenvalue weighted by atomic mass is 32.2. The lowest BCUT2D eigenvalue weighted by molar-refractivity contribution is 0.0627. The average Bonchev–Trinajstić information content (AvgIpc) is 2.59. The largest absolute Gasteiger partial charge is 0.494 e. The Morgan fingerprint density at radius 1 is 1.08 bits per heavy atom. The van der Waals surface area contributed by atoms with Crippen LogP contribution < -0.4 is 9.46 Å². The van der Waals surface area contributed by atoms with Crippen molar-refractivity contribution in [1.29, 1.82) is 0 Å². The van der Waals surface area contributed by atoms with Gasteiger partial charge in [0, 0.05) is 6.54 Å². The van der Waals surface area contributed by atoms with E-state index in [0.717, 1.165) is 6.42 Å². The lowest BCUT2D eigenvalue weighted by atomic mass is 9.97. The molecule has 0 aliphatic carbocycles. The zero-order valence-corrected chi connectivity index (χ0v) is 14.7. The Hall–Kier alpha value is -1.89. The number of nitrogens with one attached hydrogen (secondary N) is 1. The van der Waals surface area contributed by atoms with E-state index >= 15 is 0 Å². The summed E-state index contributed by atoms with van der Waals surface area (Å²) in [6.45, 7) is 4.05. The standard InChI is InChI=1S/C18H23NO4S/c1-3-13-23-16-9-11-17(12-10-16)24(21,22)19-14-18(2,20)15-7-5-4-6-8-15/h4-12,19-20H,3,13-14H2,1-2H3/t18-/m1/s1. The van der Waals surface area contributed by atoms with Crippen LogP contribution in [0.2, 0.25) is 0 Å². The van der Waals surface area contributed by atoms with Gasteiger partial charge in [0.2, 0.25) is 10.0 Å². The summed E-state index contributed by atoms with van der Waals surface area (Å²) in [4.78, 5) is 0.134. The van der Waals surface area contributed by atoms with E-state index in [1.807, 2.05) is 13.0 Å². The molecule has 2 aromatic rings. The maximum Gasteiger partial charge on any atom is 0.240 e. The first-order valence-electron chi connectivity index (χ1n) is 7.85. The number of hydrogen-bond donors (Lipinski definition) is 2. The molecule has 0 aliphatic rings. The Bertz CT molecular complexity index is 740. The van der Waals surface area contributed by atoms with Gasteiger partial charge in [-0.3, -0.25) is 0 Å². The minimum atomic E-state index is -3.70. The van der Waals surface area contributed by atoms with Gasteiger partial charge < -0.3 is 9.84 Å². The van der Waals surface area contributed by atoms with Crippen LogP contribution in [0.3, 0.4) is 0 Å². The van der Waals surface area contributed by atoms with Gasteiger partial charge in [0.05, 0.1) is 11.5 Å². The first-order valence-corrected chi connectivity index (χ1v) is 9.34. The number of aliphatic hydroxyl groups is 1. The van der Waals surface area contributed by atoms with Crippen LogP contribution in [0.1, 0.15) is 25.8 Å². The molecule has 24 heavy (non-hydrogen) atoms. The lowest BCUT2D eigenvalue weighted by Gasteiger charge is -2.24. The minimum Gasteiger partial charge on any atom is -0.494 e. The highest BCUT2D eigenvalue weighted by Crippen LogP contribution is 2.21. The van der Waals surface area contributed by atoms with Crippen molar-refractivity contribution in [2.24, 2.45) is 0 Å². The van der Waals surface area contributed by atoms with E-state index in [2.05, 4.69) is 4.72 Å². The Morgan fingerprint density at radius 3 is 2.29 bits per heavy atom. The van der Waals surface area contributed by atoms with Gasteiger partial charge in [-0.1, -0.05) is 37.3 Å². The molecule has 0 bridgehead atoms. The molecule has 2 aromatic carbocycles. The number of benzene rings is 2. The molecule has 5 nitrogen and oxygen atoms in total. The van der Waals surface area contributed by atoms with Gasteiger partial charge in [0.15, 0.2) is 0 Å². The maximum atomic E-state index is 12.4. The highest BCUT2D eigenvalue weighted by molar-refractivity contribution is 7.89. The fourth-order valence-electron chi connectivity index (χ4n) is 2.15. The van der Waals surface area contributed by atoms with Crippen molar-refractivity contribution in [3.63, 3.8) is 0 Å². The third-order valence-electron chi connectivity index (χ3n) is 3.61. The lowest BCUT2D eigenvalue weighted by Crippen LogP contribution is -2.38. The van der Waals surface area contributed by atoms with Crippen molar-refractivity contribution in [2.75, 3.05) is 13.2 Å². The van der Waals surface area contributed by atoms with Crippen LogP contribution >= 0.6 is 0 Å². The molecule has 2 rings (SSSR count). The topological polar surface area (TPSA) is 75.6 Å². The predicted molar refractivity (Wildman–Crippen MR) is 93.4 cm³/mol. The summed E-state index contributed by atoms with van der Waals surface area (Å²) in [6.07, 6.45) is 0.885. The van der Waals surface area contributed by atoms with Crippen LogP contribution in [-0.2, 0) is 15.6 Å². The molecule has 0 saturated carbocycles. The summed E-state index contributed by atoms with van der Waals surface area (Å²) in [5, 5.41) is 10.5. The Kier molecular flexibility index (Phi) is 5.99. The molecule has 2 N–H and O–H groups in total. The Labute approximate surface area is 143 Å². The molecule has 0 aromatic heterocycles. The second-order valence-electron chi connectivity index (χ2n) is 5.78. The number of sulfonamides is 1. The monoisotopic (exact) mass is 349 g/mol. The van der Waals surface area contributed by atoms with Gasteiger partial charge in [0.1, 0.15) is 11.4 Å². The maximum absolute atomic E-state index is 12.4. The van der Waals surface area contributed by atoms with Crippen LogP contribution in [0.15, 0.2) is 59.5 Å². The summed E-state index contributed by atoms with van der Waals surface area (Å²) in [7, 11) is -3.70. The zero-order chi connectivity index (χ0) is 17.6. The SMILES string of the molecule is CCCOc1ccc(S(=O)(=O)NC[C@@](C)(O)c2ccccc2)cc1. The molecule has 0 fully saturated rings. The second-order valence-corrected chi connectivity index (χ2v) is 7.55. The second kappa shape index (κ2) is 7.79. The molecular weight excluding hydrogens is 326 g/mol. The molecule has 0 unspecified atom stereocenters. The molecule has 0 radical (unpaired) electrons. The van der Waals surface area contributed by atoms with E-state index in [1.165, 1.54) is 12.1 Å². The van der Waals surface area contributed by atoms with Crippen molar-refractivity contribution in [3.05, 3.63) is 60.2 Å². The van der Waals surface area contributed by atoms with E-state index < -0.39 is 15.6 Å². The van der Waals surface area contributed by atoms with Gasteiger partial charge in [-0.2, -0.15) is 0 Å². The van der Waals surface area contributed by atoms with Crippen LogP contribution in [0.25, 0.3) is 0 Å². The average molecular weight is 349 g/mol. The summed E-state index contributed by atoms with van der Waals surface area (Å²) in [5.74, 6) is 0.632. The number of ether oxygens (including phenoxy) is 1. The zero-order valence-electron chi connectivity index (χ0n) is 13.9. The molecule has 0 saturated heterocycles. The molecule has 6 heteroatoms. The smallest absolute Gasteiger partial charge is 0.240 e. The van der Waals surface area contributed by atoms with E-state index in [0.29, 0.717) is 17.9 Å². The van der Waals surface area contributed by atoms with E-state index in [4.69, 9.17) is 4.74 Å². The summed E-state index contributed by atoms with van der Waals surface area (Å²) in [6, 6.07) is 15.2. The van der Waals surface area contributed by atoms with E-state index in [9.17, 15) is 13.5 Å². The normalized spacial score (nSPS) is 14.1. The first kappa shape index (κ1) is 18.4. The van der Waals surface area contributed by atoms with Crippen molar-refractivity contribution < 1.29 is 18.3 Å². The predicted octanol–water partition coefficient (Wildman–Crippen LogP) is 2.66. The fourth-order valence-corrected chi connectivity index (χ4v) is 3.29. The van der Waals surface area contributed by atoms with Gasteiger partial charge in [-0.25, -0.2) is 13.1 Å². The highest BCUT2D eigenvalue weighted by Gasteiger charge is 2.26. The summed E-state index contributed by atoms with van der Waals surface area (Å²) in [5.41, 5.74) is -0.644. The van der Waals surface area contributed by atoms with Gasteiger partial charge >= 0.3 is 0 Å². The van der Waals surface area contributed by atoms with Crippen LogP contribution in [0.5, 0.6) is 5.75 Å². The summed E-state index contributed by atoms with van der Waals surface area (Å²) >= 11 is 0. The fraction of sp³-hybridized carbons (Fsp3) is 0.333. The van der Waals surface area contributed by atoms with Crippen molar-refractivity contribution >= 4 is 10.0 Å². The third kappa shape index (κ3) is 4.80. The number of rotatable bonds is 8. The molecule has 0 amide bonds. The molecule has 0 spiro atoms. The van der Waals surface area contributed by atoms with Gasteiger partial charge in [0.25, 0.3) is 0 Å².